The molecule has 1 aliphatic carbocycles. The molecule has 0 spiro atoms. The zero-order valence-electron chi connectivity index (χ0n) is 11.7. The van der Waals surface area contributed by atoms with Crippen LogP contribution in [0, 0.1) is 0 Å². The maximum Gasteiger partial charge on any atom is 0.227 e. The van der Waals surface area contributed by atoms with E-state index < -0.39 is 5.60 Å². The van der Waals surface area contributed by atoms with Crippen LogP contribution >= 0.6 is 0 Å². The van der Waals surface area contributed by atoms with Crippen LogP contribution in [0.5, 0.6) is 0 Å². The van der Waals surface area contributed by atoms with E-state index in [0.29, 0.717) is 0 Å². The topological polar surface area (TPSA) is 70.5 Å². The first-order valence-corrected chi connectivity index (χ1v) is 7.37. The van der Waals surface area contributed by atoms with Gasteiger partial charge in [0.05, 0.1) is 18.8 Å². The Morgan fingerprint density at radius 2 is 2.15 bits per heavy atom. The smallest absolute Gasteiger partial charge is 0.227 e. The molecule has 1 aliphatic heterocycles. The summed E-state index contributed by atoms with van der Waals surface area (Å²) in [5.74, 6) is 1.57. The zero-order chi connectivity index (χ0) is 13.8. The van der Waals surface area contributed by atoms with Gasteiger partial charge >= 0.3 is 0 Å². The third-order valence-corrected chi connectivity index (χ3v) is 4.12. The van der Waals surface area contributed by atoms with Gasteiger partial charge in [-0.15, -0.1) is 0 Å². The van der Waals surface area contributed by atoms with Crippen molar-refractivity contribution in [2.24, 2.45) is 0 Å². The van der Waals surface area contributed by atoms with Gasteiger partial charge in [0.25, 0.3) is 0 Å². The fourth-order valence-corrected chi connectivity index (χ4v) is 2.62. The zero-order valence-corrected chi connectivity index (χ0v) is 11.7. The number of hydrogen-bond acceptors (Lipinski definition) is 6. The van der Waals surface area contributed by atoms with Crippen molar-refractivity contribution in [2.45, 2.75) is 31.3 Å². The molecule has 6 nitrogen and oxygen atoms in total. The van der Waals surface area contributed by atoms with Crippen LogP contribution in [-0.2, 0) is 4.74 Å². The van der Waals surface area contributed by atoms with Crippen LogP contribution in [0.3, 0.4) is 0 Å². The Morgan fingerprint density at radius 1 is 1.35 bits per heavy atom. The molecule has 2 aliphatic rings. The van der Waals surface area contributed by atoms with Gasteiger partial charge in [-0.2, -0.15) is 4.98 Å². The van der Waals surface area contributed by atoms with Gasteiger partial charge in [-0.25, -0.2) is 4.98 Å². The molecule has 0 bridgehead atoms. The quantitative estimate of drug-likeness (QED) is 0.838. The van der Waals surface area contributed by atoms with Gasteiger partial charge in [0.15, 0.2) is 0 Å². The number of nitrogens with one attached hydrogen (secondary N) is 1. The van der Waals surface area contributed by atoms with E-state index in [1.54, 1.807) is 6.20 Å². The molecule has 110 valence electrons. The number of anilines is 2. The van der Waals surface area contributed by atoms with Crippen molar-refractivity contribution in [3.05, 3.63) is 12.3 Å². The standard InChI is InChI=1S/C14H22N4O2/c19-14(3-1-4-14)5-7-15-12-2-6-16-13(17-12)18-8-10-20-11-9-18/h2,6,19H,1,3-5,7-11H2,(H,15,16,17). The van der Waals surface area contributed by atoms with Gasteiger partial charge in [0, 0.05) is 25.8 Å². The summed E-state index contributed by atoms with van der Waals surface area (Å²) in [6.45, 7) is 3.88. The molecule has 0 aromatic carbocycles. The van der Waals surface area contributed by atoms with Crippen LogP contribution in [0.15, 0.2) is 12.3 Å². The van der Waals surface area contributed by atoms with Crippen LogP contribution in [0.1, 0.15) is 25.7 Å². The predicted octanol–water partition coefficient (Wildman–Crippen LogP) is 1.03. The SMILES string of the molecule is OC1(CCNc2ccnc(N3CCOCC3)n2)CCC1. The maximum atomic E-state index is 10.1. The number of nitrogens with zero attached hydrogens (tertiary/aromatic N) is 3. The minimum absolute atomic E-state index is 0.437. The van der Waals surface area contributed by atoms with E-state index in [2.05, 4.69) is 20.2 Å². The number of rotatable bonds is 5. The Hall–Kier alpha value is -1.40. The Bertz CT molecular complexity index is 445. The van der Waals surface area contributed by atoms with Crippen molar-refractivity contribution in [3.8, 4) is 0 Å². The highest BCUT2D eigenvalue weighted by molar-refractivity contribution is 5.41. The van der Waals surface area contributed by atoms with Gasteiger partial charge in [0.2, 0.25) is 5.95 Å². The lowest BCUT2D eigenvalue weighted by molar-refractivity contribution is -0.0370. The van der Waals surface area contributed by atoms with E-state index in [-0.39, 0.29) is 0 Å². The third kappa shape index (κ3) is 3.19. The van der Waals surface area contributed by atoms with E-state index in [1.165, 1.54) is 0 Å². The molecule has 6 heteroatoms. The lowest BCUT2D eigenvalue weighted by atomic mass is 9.78. The van der Waals surface area contributed by atoms with Crippen LogP contribution in [0.25, 0.3) is 0 Å². The summed E-state index contributed by atoms with van der Waals surface area (Å²) in [7, 11) is 0. The summed E-state index contributed by atoms with van der Waals surface area (Å²) in [5, 5.41) is 13.3. The first-order valence-electron chi connectivity index (χ1n) is 7.37. The van der Waals surface area contributed by atoms with Gasteiger partial charge in [-0.05, 0) is 31.7 Å². The van der Waals surface area contributed by atoms with Gasteiger partial charge in [0.1, 0.15) is 5.82 Å². The minimum Gasteiger partial charge on any atom is -0.390 e. The largest absolute Gasteiger partial charge is 0.390 e. The molecule has 0 amide bonds. The van der Waals surface area contributed by atoms with Gasteiger partial charge in [-0.3, -0.25) is 0 Å². The van der Waals surface area contributed by atoms with E-state index in [0.717, 1.165) is 70.3 Å². The van der Waals surface area contributed by atoms with Crippen LogP contribution in [0.2, 0.25) is 0 Å². The predicted molar refractivity (Wildman–Crippen MR) is 77.0 cm³/mol. The molecular weight excluding hydrogens is 256 g/mol. The van der Waals surface area contributed by atoms with Crippen molar-refractivity contribution >= 4 is 11.8 Å². The van der Waals surface area contributed by atoms with Crippen LogP contribution in [-0.4, -0.2) is 53.5 Å². The molecule has 2 N–H and O–H groups in total. The second-order valence-corrected chi connectivity index (χ2v) is 5.60. The molecule has 0 atom stereocenters. The van der Waals surface area contributed by atoms with Crippen LogP contribution < -0.4 is 10.2 Å². The Balaban J connectivity index is 1.53. The molecular formula is C14H22N4O2. The van der Waals surface area contributed by atoms with Crippen molar-refractivity contribution in [1.82, 2.24) is 9.97 Å². The Labute approximate surface area is 119 Å². The molecule has 1 aromatic rings. The first kappa shape index (κ1) is 13.6. The van der Waals surface area contributed by atoms with Gasteiger partial charge in [-0.1, -0.05) is 0 Å². The highest BCUT2D eigenvalue weighted by Crippen LogP contribution is 2.34. The monoisotopic (exact) mass is 278 g/mol. The molecule has 1 aromatic heterocycles. The fraction of sp³-hybridized carbons (Fsp3) is 0.714. The number of hydrogen-bond donors (Lipinski definition) is 2. The normalized spacial score (nSPS) is 21.4. The fourth-order valence-electron chi connectivity index (χ4n) is 2.62. The third-order valence-electron chi connectivity index (χ3n) is 4.12. The van der Waals surface area contributed by atoms with Crippen molar-refractivity contribution < 1.29 is 9.84 Å². The maximum absolute atomic E-state index is 10.1. The number of morpholine rings is 1. The summed E-state index contributed by atoms with van der Waals surface area (Å²) in [4.78, 5) is 11.0. The van der Waals surface area contributed by atoms with Crippen molar-refractivity contribution in [2.75, 3.05) is 43.1 Å². The second-order valence-electron chi connectivity index (χ2n) is 5.60. The summed E-state index contributed by atoms with van der Waals surface area (Å²) in [6.07, 6.45) is 5.56. The van der Waals surface area contributed by atoms with E-state index in [9.17, 15) is 5.11 Å². The summed E-state index contributed by atoms with van der Waals surface area (Å²) < 4.78 is 5.33. The highest BCUT2D eigenvalue weighted by atomic mass is 16.5. The Morgan fingerprint density at radius 3 is 2.85 bits per heavy atom. The molecule has 1 saturated heterocycles. The van der Waals surface area contributed by atoms with Crippen molar-refractivity contribution in [1.29, 1.82) is 0 Å². The average molecular weight is 278 g/mol. The highest BCUT2D eigenvalue weighted by Gasteiger charge is 2.33. The first-order chi connectivity index (χ1) is 9.75. The minimum atomic E-state index is -0.437. The summed E-state index contributed by atoms with van der Waals surface area (Å²) in [6, 6.07) is 1.87. The number of aliphatic hydroxyl groups is 1. The van der Waals surface area contributed by atoms with E-state index >= 15 is 0 Å². The molecule has 0 unspecified atom stereocenters. The molecule has 2 heterocycles. The number of ether oxygens (including phenoxy) is 1. The summed E-state index contributed by atoms with van der Waals surface area (Å²) >= 11 is 0. The molecule has 0 radical (unpaired) electrons. The number of aromatic nitrogens is 2. The van der Waals surface area contributed by atoms with Gasteiger partial charge < -0.3 is 20.1 Å². The molecule has 1 saturated carbocycles. The van der Waals surface area contributed by atoms with E-state index in [1.807, 2.05) is 6.07 Å². The summed E-state index contributed by atoms with van der Waals surface area (Å²) in [5.41, 5.74) is -0.437. The molecule has 2 fully saturated rings. The van der Waals surface area contributed by atoms with Crippen molar-refractivity contribution in [3.63, 3.8) is 0 Å². The van der Waals surface area contributed by atoms with E-state index in [4.69, 9.17) is 4.74 Å². The molecule has 20 heavy (non-hydrogen) atoms. The Kier molecular flexibility index (Phi) is 4.03. The molecule has 3 rings (SSSR count). The second kappa shape index (κ2) is 5.93. The van der Waals surface area contributed by atoms with Crippen LogP contribution in [0.4, 0.5) is 11.8 Å². The average Bonchev–Trinajstić information content (AvgIpc) is 2.47. The lowest BCUT2D eigenvalue weighted by Gasteiger charge is -2.36. The lowest BCUT2D eigenvalue weighted by Crippen LogP contribution is -2.38.